The lowest BCUT2D eigenvalue weighted by atomic mass is 10.1. The highest BCUT2D eigenvalue weighted by Gasteiger charge is 2.26. The zero-order valence-electron chi connectivity index (χ0n) is 13.4. The normalized spacial score (nSPS) is 11.2. The Hall–Kier alpha value is -3.02. The van der Waals surface area contributed by atoms with E-state index < -0.39 is 18.2 Å². The summed E-state index contributed by atoms with van der Waals surface area (Å²) < 4.78 is 19.9. The Labute approximate surface area is 139 Å². The lowest BCUT2D eigenvalue weighted by Gasteiger charge is -2.15. The third kappa shape index (κ3) is 4.74. The number of carbonyl (C=O) groups excluding carboxylic acids is 2. The van der Waals surface area contributed by atoms with Crippen molar-refractivity contribution in [3.63, 3.8) is 0 Å². The van der Waals surface area contributed by atoms with Crippen LogP contribution >= 0.6 is 0 Å². The highest BCUT2D eigenvalue weighted by molar-refractivity contribution is 5.79. The molecule has 0 aromatic heterocycles. The largest absolute Gasteiger partial charge is 0.509 e. The van der Waals surface area contributed by atoms with Crippen molar-refractivity contribution in [1.82, 2.24) is 0 Å². The molecule has 2 aromatic carbocycles. The van der Waals surface area contributed by atoms with Crippen LogP contribution in [0.15, 0.2) is 54.6 Å². The van der Waals surface area contributed by atoms with Gasteiger partial charge in [-0.05, 0) is 17.7 Å². The number of hydrogen-bond acceptors (Lipinski definition) is 6. The maximum atomic E-state index is 11.9. The number of ether oxygens (including phenoxy) is 4. The molecule has 0 heterocycles. The number of rotatable bonds is 6. The lowest BCUT2D eigenvalue weighted by Crippen LogP contribution is -2.21. The molecule has 0 aliphatic heterocycles. The maximum Gasteiger partial charge on any atom is 0.509 e. The van der Waals surface area contributed by atoms with Gasteiger partial charge in [0.1, 0.15) is 12.4 Å². The van der Waals surface area contributed by atoms with Crippen molar-refractivity contribution < 1.29 is 28.5 Å². The molecule has 2 rings (SSSR count). The van der Waals surface area contributed by atoms with Crippen LogP contribution in [0.4, 0.5) is 4.79 Å². The first-order chi connectivity index (χ1) is 11.6. The Kier molecular flexibility index (Phi) is 6.19. The molecular weight excluding hydrogens is 312 g/mol. The van der Waals surface area contributed by atoms with Crippen LogP contribution in [0, 0.1) is 0 Å². The van der Waals surface area contributed by atoms with Crippen molar-refractivity contribution in [2.45, 2.75) is 12.7 Å². The molecule has 2 aromatic rings. The molecule has 0 radical (unpaired) electrons. The second kappa shape index (κ2) is 8.57. The van der Waals surface area contributed by atoms with Crippen molar-refractivity contribution in [2.75, 3.05) is 14.2 Å². The van der Waals surface area contributed by atoms with Crippen molar-refractivity contribution >= 4 is 12.1 Å². The minimum absolute atomic E-state index is 0.0194. The zero-order valence-corrected chi connectivity index (χ0v) is 13.4. The van der Waals surface area contributed by atoms with Crippen LogP contribution in [-0.4, -0.2) is 26.3 Å². The first-order valence-corrected chi connectivity index (χ1v) is 7.23. The second-order valence-corrected chi connectivity index (χ2v) is 4.82. The van der Waals surface area contributed by atoms with Crippen molar-refractivity contribution in [3.8, 4) is 5.75 Å². The van der Waals surface area contributed by atoms with E-state index in [0.717, 1.165) is 5.56 Å². The Morgan fingerprint density at radius 1 is 0.958 bits per heavy atom. The van der Waals surface area contributed by atoms with Gasteiger partial charge in [0.2, 0.25) is 6.10 Å². The van der Waals surface area contributed by atoms with Crippen LogP contribution in [0.2, 0.25) is 0 Å². The van der Waals surface area contributed by atoms with E-state index in [1.54, 1.807) is 61.7 Å². The molecule has 6 heteroatoms. The maximum absolute atomic E-state index is 11.9. The first-order valence-electron chi connectivity index (χ1n) is 7.23. The summed E-state index contributed by atoms with van der Waals surface area (Å²) in [5.74, 6) is 0.0266. The van der Waals surface area contributed by atoms with Gasteiger partial charge in [-0.2, -0.15) is 0 Å². The predicted molar refractivity (Wildman–Crippen MR) is 85.5 cm³/mol. The summed E-state index contributed by atoms with van der Waals surface area (Å²) in [5, 5.41) is 0. The van der Waals surface area contributed by atoms with Gasteiger partial charge in [-0.15, -0.1) is 0 Å². The van der Waals surface area contributed by atoms with Gasteiger partial charge in [0.15, 0.2) is 0 Å². The smallest absolute Gasteiger partial charge is 0.497 e. The minimum atomic E-state index is -1.17. The number of carbonyl (C=O) groups is 2. The molecular formula is C18H18O6. The summed E-state index contributed by atoms with van der Waals surface area (Å²) in [6.07, 6.45) is -2.12. The van der Waals surface area contributed by atoms with Crippen LogP contribution in [-0.2, 0) is 25.6 Å². The molecule has 1 atom stereocenters. The van der Waals surface area contributed by atoms with Crippen LogP contribution in [0.1, 0.15) is 17.2 Å². The Morgan fingerprint density at radius 3 is 2.21 bits per heavy atom. The average Bonchev–Trinajstić information content (AvgIpc) is 2.65. The third-order valence-corrected chi connectivity index (χ3v) is 3.25. The standard InChI is InChI=1S/C18H18O6/c1-21-15-10-8-13(9-11-15)12-23-18(20)24-16(17(19)22-2)14-6-4-3-5-7-14/h3-11,16H,12H2,1-2H3/t16-/m0/s1. The molecule has 0 amide bonds. The molecule has 0 aliphatic carbocycles. The fourth-order valence-electron chi connectivity index (χ4n) is 1.98. The zero-order chi connectivity index (χ0) is 17.4. The topological polar surface area (TPSA) is 71.1 Å². The first kappa shape index (κ1) is 17.3. The summed E-state index contributed by atoms with van der Waals surface area (Å²) in [5.41, 5.74) is 1.27. The lowest BCUT2D eigenvalue weighted by molar-refractivity contribution is -0.152. The Balaban J connectivity index is 1.96. The van der Waals surface area contributed by atoms with Gasteiger partial charge in [-0.25, -0.2) is 9.59 Å². The fourth-order valence-corrected chi connectivity index (χ4v) is 1.98. The van der Waals surface area contributed by atoms with Gasteiger partial charge >= 0.3 is 12.1 Å². The molecule has 0 saturated heterocycles. The molecule has 0 saturated carbocycles. The number of methoxy groups -OCH3 is 2. The highest BCUT2D eigenvalue weighted by atomic mass is 16.7. The minimum Gasteiger partial charge on any atom is -0.497 e. The van der Waals surface area contributed by atoms with Gasteiger partial charge in [-0.3, -0.25) is 0 Å². The van der Waals surface area contributed by atoms with Crippen LogP contribution in [0.25, 0.3) is 0 Å². The van der Waals surface area contributed by atoms with E-state index in [9.17, 15) is 9.59 Å². The summed E-state index contributed by atoms with van der Waals surface area (Å²) in [6.45, 7) is 0.0194. The van der Waals surface area contributed by atoms with Crippen LogP contribution in [0.3, 0.4) is 0 Å². The molecule has 0 fully saturated rings. The predicted octanol–water partition coefficient (Wildman–Crippen LogP) is 3.26. The second-order valence-electron chi connectivity index (χ2n) is 4.82. The Morgan fingerprint density at radius 2 is 1.62 bits per heavy atom. The van der Waals surface area contributed by atoms with Crippen LogP contribution < -0.4 is 4.74 Å². The summed E-state index contributed by atoms with van der Waals surface area (Å²) in [6, 6.07) is 15.6. The van der Waals surface area contributed by atoms with E-state index >= 15 is 0 Å². The number of hydrogen-bond donors (Lipinski definition) is 0. The van der Waals surface area contributed by atoms with Gasteiger partial charge in [0.25, 0.3) is 0 Å². The summed E-state index contributed by atoms with van der Waals surface area (Å²) >= 11 is 0. The van der Waals surface area contributed by atoms with E-state index in [-0.39, 0.29) is 6.61 Å². The van der Waals surface area contributed by atoms with Gasteiger partial charge in [0.05, 0.1) is 14.2 Å². The highest BCUT2D eigenvalue weighted by Crippen LogP contribution is 2.20. The number of benzene rings is 2. The van der Waals surface area contributed by atoms with Crippen LogP contribution in [0.5, 0.6) is 5.75 Å². The van der Waals surface area contributed by atoms with Crippen molar-refractivity contribution in [1.29, 1.82) is 0 Å². The molecule has 126 valence electrons. The van der Waals surface area contributed by atoms with E-state index in [1.165, 1.54) is 7.11 Å². The van der Waals surface area contributed by atoms with E-state index in [4.69, 9.17) is 14.2 Å². The Bertz CT molecular complexity index is 666. The van der Waals surface area contributed by atoms with Gasteiger partial charge in [-0.1, -0.05) is 42.5 Å². The molecule has 0 unspecified atom stereocenters. The third-order valence-electron chi connectivity index (χ3n) is 3.25. The SMILES string of the molecule is COC(=O)[C@@H](OC(=O)OCc1ccc(OC)cc1)c1ccccc1. The van der Waals surface area contributed by atoms with Gasteiger partial charge < -0.3 is 18.9 Å². The van der Waals surface area contributed by atoms with E-state index in [2.05, 4.69) is 4.74 Å². The molecule has 6 nitrogen and oxygen atoms in total. The average molecular weight is 330 g/mol. The molecule has 24 heavy (non-hydrogen) atoms. The van der Waals surface area contributed by atoms with Crippen molar-refractivity contribution in [3.05, 3.63) is 65.7 Å². The van der Waals surface area contributed by atoms with Crippen molar-refractivity contribution in [2.24, 2.45) is 0 Å². The molecule has 0 N–H and O–H groups in total. The van der Waals surface area contributed by atoms with E-state index in [0.29, 0.717) is 11.3 Å². The monoisotopic (exact) mass is 330 g/mol. The summed E-state index contributed by atoms with van der Waals surface area (Å²) in [4.78, 5) is 23.7. The molecule has 0 spiro atoms. The van der Waals surface area contributed by atoms with Gasteiger partial charge in [0, 0.05) is 5.56 Å². The summed E-state index contributed by atoms with van der Waals surface area (Å²) in [7, 11) is 2.80. The number of esters is 1. The fraction of sp³-hybridized carbons (Fsp3) is 0.222. The molecule has 0 aliphatic rings. The molecule has 0 bridgehead atoms. The van der Waals surface area contributed by atoms with E-state index in [1.807, 2.05) is 0 Å². The quantitative estimate of drug-likeness (QED) is 0.757.